The van der Waals surface area contributed by atoms with E-state index in [0.29, 0.717) is 19.3 Å². The Kier molecular flexibility index (Phi) is 5.83. The first kappa shape index (κ1) is 12.9. The van der Waals surface area contributed by atoms with Crippen LogP contribution in [0, 0.1) is 0 Å². The lowest BCUT2D eigenvalue weighted by atomic mass is 10.0. The molecule has 0 aliphatic heterocycles. The topological polar surface area (TPSA) is 40.5 Å². The lowest BCUT2D eigenvalue weighted by Gasteiger charge is -2.15. The summed E-state index contributed by atoms with van der Waals surface area (Å²) in [6.45, 7) is 3.61. The van der Waals surface area contributed by atoms with Crippen LogP contribution in [0.4, 0.5) is 0 Å². The minimum atomic E-state index is -0.470. The van der Waals surface area contributed by atoms with Crippen LogP contribution in [-0.2, 0) is 6.42 Å². The summed E-state index contributed by atoms with van der Waals surface area (Å²) in [4.78, 5) is 0. The van der Waals surface area contributed by atoms with E-state index in [0.717, 1.165) is 12.0 Å². The lowest BCUT2D eigenvalue weighted by molar-refractivity contribution is 0.0765. The maximum Gasteiger partial charge on any atom is 0.0605 e. The van der Waals surface area contributed by atoms with Gasteiger partial charge in [0.25, 0.3) is 0 Å². The zero-order chi connectivity index (χ0) is 11.8. The smallest absolute Gasteiger partial charge is 0.0605 e. The van der Waals surface area contributed by atoms with E-state index in [4.69, 9.17) is 0 Å². The Labute approximate surface area is 97.2 Å². The number of allylic oxidation sites excluding steroid dienone is 1. The van der Waals surface area contributed by atoms with Crippen molar-refractivity contribution in [2.75, 3.05) is 0 Å². The van der Waals surface area contributed by atoms with E-state index in [1.54, 1.807) is 6.08 Å². The molecule has 2 heteroatoms. The van der Waals surface area contributed by atoms with E-state index in [-0.39, 0.29) is 0 Å². The fraction of sp³-hybridized carbons (Fsp3) is 0.429. The largest absolute Gasteiger partial charge is 0.393 e. The first-order chi connectivity index (χ1) is 7.72. The number of benzene rings is 1. The molecule has 0 saturated heterocycles. The van der Waals surface area contributed by atoms with E-state index in [1.807, 2.05) is 30.3 Å². The second-order valence-electron chi connectivity index (χ2n) is 4.10. The van der Waals surface area contributed by atoms with Crippen molar-refractivity contribution in [3.63, 3.8) is 0 Å². The predicted molar refractivity (Wildman–Crippen MR) is 66.2 cm³/mol. The highest BCUT2D eigenvalue weighted by Gasteiger charge is 2.11. The summed E-state index contributed by atoms with van der Waals surface area (Å²) in [5.74, 6) is 0. The van der Waals surface area contributed by atoms with Gasteiger partial charge in [-0.15, -0.1) is 6.58 Å². The van der Waals surface area contributed by atoms with Crippen LogP contribution in [0.15, 0.2) is 43.0 Å². The third-order valence-corrected chi connectivity index (χ3v) is 2.56. The van der Waals surface area contributed by atoms with Crippen molar-refractivity contribution in [3.05, 3.63) is 48.6 Å². The van der Waals surface area contributed by atoms with Gasteiger partial charge in [0.05, 0.1) is 12.2 Å². The number of hydrogen-bond donors (Lipinski definition) is 2. The Hall–Kier alpha value is -1.12. The molecule has 0 bridgehead atoms. The molecule has 0 aromatic heterocycles. The molecule has 1 aromatic rings. The monoisotopic (exact) mass is 220 g/mol. The number of aliphatic hydroxyl groups is 2. The van der Waals surface area contributed by atoms with Crippen LogP contribution in [0.2, 0.25) is 0 Å². The van der Waals surface area contributed by atoms with Crippen molar-refractivity contribution in [1.29, 1.82) is 0 Å². The van der Waals surface area contributed by atoms with Crippen molar-refractivity contribution < 1.29 is 10.2 Å². The van der Waals surface area contributed by atoms with E-state index >= 15 is 0 Å². The van der Waals surface area contributed by atoms with Gasteiger partial charge in [-0.3, -0.25) is 0 Å². The molecule has 0 spiro atoms. The van der Waals surface area contributed by atoms with E-state index < -0.39 is 12.2 Å². The number of aliphatic hydroxyl groups excluding tert-OH is 2. The summed E-state index contributed by atoms with van der Waals surface area (Å²) in [6.07, 6.45) is 3.38. The minimum Gasteiger partial charge on any atom is -0.393 e. The maximum atomic E-state index is 9.79. The summed E-state index contributed by atoms with van der Waals surface area (Å²) in [5.41, 5.74) is 1.10. The van der Waals surface area contributed by atoms with Crippen molar-refractivity contribution in [2.24, 2.45) is 0 Å². The molecule has 0 fully saturated rings. The van der Waals surface area contributed by atoms with Crippen LogP contribution in [0.5, 0.6) is 0 Å². The molecule has 0 radical (unpaired) electrons. The van der Waals surface area contributed by atoms with Gasteiger partial charge in [-0.05, 0) is 31.2 Å². The highest BCUT2D eigenvalue weighted by molar-refractivity contribution is 5.15. The van der Waals surface area contributed by atoms with E-state index in [1.165, 1.54) is 0 Å². The van der Waals surface area contributed by atoms with Crippen LogP contribution in [0.1, 0.15) is 24.8 Å². The minimum absolute atomic E-state index is 0.433. The Morgan fingerprint density at radius 2 is 1.81 bits per heavy atom. The molecule has 0 unspecified atom stereocenters. The van der Waals surface area contributed by atoms with Crippen molar-refractivity contribution >= 4 is 0 Å². The summed E-state index contributed by atoms with van der Waals surface area (Å²) in [7, 11) is 0. The van der Waals surface area contributed by atoms with Gasteiger partial charge in [-0.25, -0.2) is 0 Å². The number of hydrogen-bond acceptors (Lipinski definition) is 2. The average Bonchev–Trinajstić information content (AvgIpc) is 2.27. The van der Waals surface area contributed by atoms with E-state index in [2.05, 4.69) is 6.58 Å². The summed E-state index contributed by atoms with van der Waals surface area (Å²) < 4.78 is 0. The standard InChI is InChI=1S/C14H20O2/c1-2-3-9-13(15)11-14(16)10-12-7-5-4-6-8-12/h2,4-8,13-16H,1,3,9-11H2/t13-,14-/m0/s1. The second-order valence-corrected chi connectivity index (χ2v) is 4.10. The fourth-order valence-corrected chi connectivity index (χ4v) is 1.71. The second kappa shape index (κ2) is 7.20. The molecule has 1 aromatic carbocycles. The Bertz CT molecular complexity index is 295. The van der Waals surface area contributed by atoms with Gasteiger partial charge < -0.3 is 10.2 Å². The maximum absolute atomic E-state index is 9.79. The van der Waals surface area contributed by atoms with Crippen LogP contribution in [0.3, 0.4) is 0 Å². The molecule has 0 heterocycles. The van der Waals surface area contributed by atoms with Crippen molar-refractivity contribution in [1.82, 2.24) is 0 Å². The van der Waals surface area contributed by atoms with Gasteiger partial charge in [0.15, 0.2) is 0 Å². The molecule has 2 N–H and O–H groups in total. The molecule has 0 saturated carbocycles. The van der Waals surface area contributed by atoms with Crippen molar-refractivity contribution in [2.45, 2.75) is 37.9 Å². The molecule has 1 rings (SSSR count). The first-order valence-electron chi connectivity index (χ1n) is 5.73. The zero-order valence-electron chi connectivity index (χ0n) is 9.55. The summed E-state index contributed by atoms with van der Waals surface area (Å²) >= 11 is 0. The van der Waals surface area contributed by atoms with Crippen LogP contribution >= 0.6 is 0 Å². The van der Waals surface area contributed by atoms with Gasteiger partial charge in [-0.2, -0.15) is 0 Å². The summed E-state index contributed by atoms with van der Waals surface area (Å²) in [5, 5.41) is 19.4. The molecule has 2 atom stereocenters. The quantitative estimate of drug-likeness (QED) is 0.692. The van der Waals surface area contributed by atoms with Crippen LogP contribution < -0.4 is 0 Å². The third kappa shape index (κ3) is 5.10. The normalized spacial score (nSPS) is 14.4. The van der Waals surface area contributed by atoms with Gasteiger partial charge in [0, 0.05) is 0 Å². The number of rotatable bonds is 7. The molecule has 88 valence electrons. The highest BCUT2D eigenvalue weighted by atomic mass is 16.3. The van der Waals surface area contributed by atoms with Crippen LogP contribution in [0.25, 0.3) is 0 Å². The molecular weight excluding hydrogens is 200 g/mol. The molecule has 2 nitrogen and oxygen atoms in total. The van der Waals surface area contributed by atoms with Gasteiger partial charge in [0.2, 0.25) is 0 Å². The van der Waals surface area contributed by atoms with Gasteiger partial charge in [-0.1, -0.05) is 36.4 Å². The van der Waals surface area contributed by atoms with Crippen molar-refractivity contribution in [3.8, 4) is 0 Å². The van der Waals surface area contributed by atoms with Crippen LogP contribution in [-0.4, -0.2) is 22.4 Å². The Morgan fingerprint density at radius 1 is 1.12 bits per heavy atom. The fourth-order valence-electron chi connectivity index (χ4n) is 1.71. The summed E-state index contributed by atoms with van der Waals surface area (Å²) in [6, 6.07) is 9.83. The molecule has 0 aliphatic rings. The van der Waals surface area contributed by atoms with E-state index in [9.17, 15) is 10.2 Å². The SMILES string of the molecule is C=CCC[C@H](O)C[C@@H](O)Cc1ccccc1. The van der Waals surface area contributed by atoms with Gasteiger partial charge in [0.1, 0.15) is 0 Å². The molecule has 16 heavy (non-hydrogen) atoms. The average molecular weight is 220 g/mol. The lowest BCUT2D eigenvalue weighted by Crippen LogP contribution is -2.19. The molecular formula is C14H20O2. The van der Waals surface area contributed by atoms with Gasteiger partial charge >= 0.3 is 0 Å². The predicted octanol–water partition coefficient (Wildman–Crippen LogP) is 2.31. The Balaban J connectivity index is 2.30. The highest BCUT2D eigenvalue weighted by Crippen LogP contribution is 2.10. The molecule has 0 amide bonds. The first-order valence-corrected chi connectivity index (χ1v) is 5.73. The zero-order valence-corrected chi connectivity index (χ0v) is 9.55. The molecule has 0 aliphatic carbocycles. The third-order valence-electron chi connectivity index (χ3n) is 2.56. The Morgan fingerprint density at radius 3 is 2.44 bits per heavy atom.